The normalized spacial score (nSPS) is 18.0. The summed E-state index contributed by atoms with van der Waals surface area (Å²) in [5.41, 5.74) is 10.9. The number of fused-ring (bicyclic) bond motifs is 1. The quantitative estimate of drug-likeness (QED) is 0.332. The lowest BCUT2D eigenvalue weighted by atomic mass is 9.63. The molecule has 6 heteroatoms. The van der Waals surface area contributed by atoms with E-state index in [-0.39, 0.29) is 17.7 Å². The van der Waals surface area contributed by atoms with E-state index >= 15 is 0 Å². The molecule has 36 heavy (non-hydrogen) atoms. The molecule has 2 aliphatic carbocycles. The van der Waals surface area contributed by atoms with Crippen molar-refractivity contribution in [1.29, 1.82) is 0 Å². The van der Waals surface area contributed by atoms with Gasteiger partial charge in [0.2, 0.25) is 5.91 Å². The maximum atomic E-state index is 13.9. The number of rotatable bonds is 6. The van der Waals surface area contributed by atoms with Gasteiger partial charge in [0.1, 0.15) is 11.4 Å². The van der Waals surface area contributed by atoms with Crippen LogP contribution in [0.4, 0.5) is 0 Å². The van der Waals surface area contributed by atoms with E-state index in [9.17, 15) is 4.79 Å². The standard InChI is InChI=1S/C30H35N5O/c31-29(36)30(24-9-3-1-4-10-24,25-11-5-2-6-12-25)35-27-14-8-7-13-26(27)34-28(35)22-17-15-21(16-18-22)23-19-32-33-20-23/h7-8,13-20,24-25H,1-6,9-12H2,(H2,31,36)(H,32,33). The summed E-state index contributed by atoms with van der Waals surface area (Å²) in [6.07, 6.45) is 15.0. The lowest BCUT2D eigenvalue weighted by molar-refractivity contribution is -0.135. The van der Waals surface area contributed by atoms with Crippen molar-refractivity contribution in [2.75, 3.05) is 0 Å². The van der Waals surface area contributed by atoms with Crippen LogP contribution in [0.3, 0.4) is 0 Å². The number of hydrogen-bond donors (Lipinski definition) is 2. The number of aromatic nitrogens is 4. The largest absolute Gasteiger partial charge is 0.368 e. The molecule has 2 fully saturated rings. The third kappa shape index (κ3) is 3.74. The maximum absolute atomic E-state index is 13.9. The Morgan fingerprint density at radius 1 is 0.833 bits per heavy atom. The highest BCUT2D eigenvalue weighted by Crippen LogP contribution is 2.50. The van der Waals surface area contributed by atoms with Crippen LogP contribution in [0.1, 0.15) is 64.2 Å². The fourth-order valence-electron chi connectivity index (χ4n) is 7.11. The number of benzene rings is 2. The monoisotopic (exact) mass is 481 g/mol. The zero-order chi connectivity index (χ0) is 24.5. The molecule has 6 nitrogen and oxygen atoms in total. The first-order valence-electron chi connectivity index (χ1n) is 13.6. The number of para-hydroxylation sites is 2. The molecule has 0 atom stereocenters. The van der Waals surface area contributed by atoms with E-state index in [1.54, 1.807) is 0 Å². The second kappa shape index (κ2) is 9.57. The van der Waals surface area contributed by atoms with Crippen LogP contribution in [0.5, 0.6) is 0 Å². The fourth-order valence-corrected chi connectivity index (χ4v) is 7.11. The molecule has 1 amide bonds. The zero-order valence-electron chi connectivity index (χ0n) is 20.8. The number of carbonyl (C=O) groups excluding carboxylic acids is 1. The van der Waals surface area contributed by atoms with Crippen molar-refractivity contribution in [1.82, 2.24) is 19.7 Å². The molecule has 0 unspecified atom stereocenters. The highest BCUT2D eigenvalue weighted by atomic mass is 16.1. The zero-order valence-corrected chi connectivity index (χ0v) is 20.8. The van der Waals surface area contributed by atoms with Crippen LogP contribution in [-0.4, -0.2) is 25.7 Å². The Labute approximate surface area is 212 Å². The highest BCUT2D eigenvalue weighted by molar-refractivity contribution is 5.90. The minimum Gasteiger partial charge on any atom is -0.368 e. The van der Waals surface area contributed by atoms with Gasteiger partial charge >= 0.3 is 0 Å². The van der Waals surface area contributed by atoms with Crippen LogP contribution in [-0.2, 0) is 10.3 Å². The topological polar surface area (TPSA) is 89.6 Å². The average Bonchev–Trinajstić information content (AvgIpc) is 3.60. The number of nitrogens with one attached hydrogen (secondary N) is 1. The molecule has 0 aliphatic heterocycles. The van der Waals surface area contributed by atoms with Gasteiger partial charge < -0.3 is 10.3 Å². The molecule has 0 radical (unpaired) electrons. The molecule has 0 saturated heterocycles. The Balaban J connectivity index is 1.59. The predicted molar refractivity (Wildman–Crippen MR) is 143 cm³/mol. The molecule has 6 rings (SSSR count). The minimum atomic E-state index is -0.768. The molecule has 2 saturated carbocycles. The van der Waals surface area contributed by atoms with E-state index in [4.69, 9.17) is 10.7 Å². The first-order valence-corrected chi connectivity index (χ1v) is 13.6. The van der Waals surface area contributed by atoms with Crippen molar-refractivity contribution < 1.29 is 4.79 Å². The van der Waals surface area contributed by atoms with Gasteiger partial charge in [-0.3, -0.25) is 9.89 Å². The second-order valence-electron chi connectivity index (χ2n) is 10.7. The number of primary amides is 1. The van der Waals surface area contributed by atoms with Gasteiger partial charge in [0.05, 0.1) is 17.2 Å². The number of nitrogens with zero attached hydrogens (tertiary/aromatic N) is 3. The van der Waals surface area contributed by atoms with Gasteiger partial charge in [-0.15, -0.1) is 0 Å². The first kappa shape index (κ1) is 23.0. The molecule has 4 aromatic rings. The molecule has 3 N–H and O–H groups in total. The van der Waals surface area contributed by atoms with Crippen LogP contribution in [0.2, 0.25) is 0 Å². The Kier molecular flexibility index (Phi) is 6.12. The predicted octanol–water partition coefficient (Wildman–Crippen LogP) is 6.43. The number of H-pyrrole nitrogens is 1. The first-order chi connectivity index (χ1) is 17.7. The number of carbonyl (C=O) groups is 1. The number of amides is 1. The van der Waals surface area contributed by atoms with Crippen molar-refractivity contribution >= 4 is 16.9 Å². The molecule has 2 aromatic carbocycles. The van der Waals surface area contributed by atoms with E-state index in [0.717, 1.165) is 84.9 Å². The molecule has 2 heterocycles. The van der Waals surface area contributed by atoms with Gasteiger partial charge in [-0.1, -0.05) is 74.9 Å². The van der Waals surface area contributed by atoms with E-state index in [0.29, 0.717) is 0 Å². The van der Waals surface area contributed by atoms with Crippen LogP contribution < -0.4 is 5.73 Å². The van der Waals surface area contributed by atoms with Gasteiger partial charge in [0.25, 0.3) is 0 Å². The lowest BCUT2D eigenvalue weighted by Crippen LogP contribution is -2.58. The van der Waals surface area contributed by atoms with Gasteiger partial charge in [-0.25, -0.2) is 4.98 Å². The maximum Gasteiger partial charge on any atom is 0.244 e. The van der Waals surface area contributed by atoms with E-state index in [1.807, 2.05) is 18.5 Å². The molecule has 0 spiro atoms. The number of hydrogen-bond acceptors (Lipinski definition) is 3. The van der Waals surface area contributed by atoms with Crippen LogP contribution >= 0.6 is 0 Å². The van der Waals surface area contributed by atoms with Gasteiger partial charge in [0.15, 0.2) is 0 Å². The smallest absolute Gasteiger partial charge is 0.244 e. The van der Waals surface area contributed by atoms with Crippen LogP contribution in [0.25, 0.3) is 33.5 Å². The van der Waals surface area contributed by atoms with Crippen molar-refractivity contribution in [2.45, 2.75) is 69.7 Å². The average molecular weight is 482 g/mol. The molecule has 2 aliphatic rings. The molecular weight excluding hydrogens is 446 g/mol. The highest BCUT2D eigenvalue weighted by Gasteiger charge is 2.53. The fraction of sp³-hybridized carbons (Fsp3) is 0.433. The summed E-state index contributed by atoms with van der Waals surface area (Å²) in [5, 5.41) is 6.97. The molecular formula is C30H35N5O. The molecule has 2 aromatic heterocycles. The Morgan fingerprint density at radius 3 is 2.03 bits per heavy atom. The summed E-state index contributed by atoms with van der Waals surface area (Å²) in [6, 6.07) is 16.7. The van der Waals surface area contributed by atoms with E-state index in [2.05, 4.69) is 57.2 Å². The van der Waals surface area contributed by atoms with E-state index in [1.165, 1.54) is 12.8 Å². The van der Waals surface area contributed by atoms with E-state index < -0.39 is 5.54 Å². The summed E-state index contributed by atoms with van der Waals surface area (Å²) in [6.45, 7) is 0. The van der Waals surface area contributed by atoms with Crippen molar-refractivity contribution in [3.8, 4) is 22.5 Å². The van der Waals surface area contributed by atoms with Crippen molar-refractivity contribution in [2.24, 2.45) is 17.6 Å². The number of nitrogens with two attached hydrogens (primary N) is 1. The summed E-state index contributed by atoms with van der Waals surface area (Å²) >= 11 is 0. The second-order valence-corrected chi connectivity index (χ2v) is 10.7. The SMILES string of the molecule is NC(=O)C(C1CCCCC1)(C1CCCCC1)n1c(-c2ccc(-c3cn[nH]c3)cc2)nc2ccccc21. The summed E-state index contributed by atoms with van der Waals surface area (Å²) < 4.78 is 2.30. The third-order valence-electron chi connectivity index (χ3n) is 8.76. The van der Waals surface area contributed by atoms with Gasteiger partial charge in [-0.2, -0.15) is 5.10 Å². The third-order valence-corrected chi connectivity index (χ3v) is 8.76. The molecule has 0 bridgehead atoms. The van der Waals surface area contributed by atoms with Crippen molar-refractivity contribution in [3.63, 3.8) is 0 Å². The van der Waals surface area contributed by atoms with Gasteiger partial charge in [-0.05, 0) is 55.2 Å². The minimum absolute atomic E-state index is 0.180. The summed E-state index contributed by atoms with van der Waals surface area (Å²) in [5.74, 6) is 1.13. The Morgan fingerprint density at radius 2 is 1.44 bits per heavy atom. The Bertz CT molecular complexity index is 1310. The van der Waals surface area contributed by atoms with Crippen LogP contribution in [0.15, 0.2) is 60.9 Å². The Hall–Kier alpha value is -3.41. The molecule has 186 valence electrons. The summed E-state index contributed by atoms with van der Waals surface area (Å²) in [7, 11) is 0. The summed E-state index contributed by atoms with van der Waals surface area (Å²) in [4.78, 5) is 19.1. The number of aromatic amines is 1. The van der Waals surface area contributed by atoms with Crippen molar-refractivity contribution in [3.05, 3.63) is 60.9 Å². The van der Waals surface area contributed by atoms with Gasteiger partial charge in [0, 0.05) is 17.3 Å². The van der Waals surface area contributed by atoms with Crippen LogP contribution in [0, 0.1) is 11.8 Å². The number of imidazole rings is 1. The lowest BCUT2D eigenvalue weighted by Gasteiger charge is -2.48.